The molecular formula is C26H24N2O4. The van der Waals surface area contributed by atoms with Crippen molar-refractivity contribution in [2.75, 3.05) is 16.3 Å². The molecule has 0 radical (unpaired) electrons. The van der Waals surface area contributed by atoms with E-state index in [0.29, 0.717) is 5.69 Å². The van der Waals surface area contributed by atoms with Crippen molar-refractivity contribution in [3.05, 3.63) is 107 Å². The molecule has 0 fully saturated rings. The summed E-state index contributed by atoms with van der Waals surface area (Å²) in [6.07, 6.45) is -0.546. The highest BCUT2D eigenvalue weighted by molar-refractivity contribution is 6.03. The summed E-state index contributed by atoms with van der Waals surface area (Å²) in [5, 5.41) is 20.1. The zero-order valence-corrected chi connectivity index (χ0v) is 17.9. The van der Waals surface area contributed by atoms with Crippen LogP contribution in [0.3, 0.4) is 0 Å². The van der Waals surface area contributed by atoms with Gasteiger partial charge < -0.3 is 20.0 Å². The highest BCUT2D eigenvalue weighted by atomic mass is 16.4. The van der Waals surface area contributed by atoms with Crippen molar-refractivity contribution in [1.29, 1.82) is 0 Å². The number of hydrogen-bond acceptors (Lipinski definition) is 4. The Kier molecular flexibility index (Phi) is 5.69. The van der Waals surface area contributed by atoms with Crippen molar-refractivity contribution >= 4 is 23.3 Å². The molecule has 1 unspecified atom stereocenters. The predicted molar refractivity (Wildman–Crippen MR) is 124 cm³/mol. The zero-order chi connectivity index (χ0) is 22.8. The second kappa shape index (κ2) is 8.59. The molecule has 1 aliphatic heterocycles. The van der Waals surface area contributed by atoms with Crippen molar-refractivity contribution in [3.8, 4) is 0 Å². The molecule has 1 aliphatic rings. The van der Waals surface area contributed by atoms with Crippen LogP contribution in [0.1, 0.15) is 22.9 Å². The number of carboxylic acid groups (broad SMARTS) is 2. The minimum absolute atomic E-state index is 0.0397. The molecule has 0 bridgehead atoms. The van der Waals surface area contributed by atoms with Crippen LogP contribution in [0.5, 0.6) is 0 Å². The number of aliphatic carboxylic acids is 2. The second-order valence-electron chi connectivity index (χ2n) is 7.89. The molecule has 6 heteroatoms. The maximum Gasteiger partial charge on any atom is 0.353 e. The van der Waals surface area contributed by atoms with Crippen LogP contribution < -0.4 is 9.80 Å². The van der Waals surface area contributed by atoms with E-state index in [-0.39, 0.29) is 17.8 Å². The normalized spacial score (nSPS) is 16.2. The second-order valence-corrected chi connectivity index (χ2v) is 7.89. The van der Waals surface area contributed by atoms with Crippen LogP contribution in [-0.4, -0.2) is 28.7 Å². The van der Waals surface area contributed by atoms with E-state index in [0.717, 1.165) is 22.4 Å². The molecule has 162 valence electrons. The Bertz CT molecular complexity index is 1170. The number of carboxylic acids is 2. The third-order valence-electron chi connectivity index (χ3n) is 5.63. The lowest BCUT2D eigenvalue weighted by atomic mass is 9.99. The molecule has 1 atom stereocenters. The summed E-state index contributed by atoms with van der Waals surface area (Å²) in [5.74, 6) is -2.52. The SMILES string of the molecule is Cc1ccc(N2CC(C(=O)O)=C(C(=O)O)N(c3ccc(C)cc3)C2c2ccccc2)cc1. The van der Waals surface area contributed by atoms with E-state index < -0.39 is 18.1 Å². The molecular weight excluding hydrogens is 404 g/mol. The Morgan fingerprint density at radius 3 is 1.78 bits per heavy atom. The first kappa shape index (κ1) is 21.2. The van der Waals surface area contributed by atoms with Gasteiger partial charge >= 0.3 is 11.9 Å². The van der Waals surface area contributed by atoms with Gasteiger partial charge in [-0.2, -0.15) is 0 Å². The van der Waals surface area contributed by atoms with E-state index in [1.165, 1.54) is 0 Å². The van der Waals surface area contributed by atoms with Gasteiger partial charge in [0, 0.05) is 11.4 Å². The summed E-state index contributed by atoms with van der Waals surface area (Å²) in [5.41, 5.74) is 4.00. The Morgan fingerprint density at radius 2 is 1.28 bits per heavy atom. The van der Waals surface area contributed by atoms with Crippen LogP contribution in [0.15, 0.2) is 90.1 Å². The van der Waals surface area contributed by atoms with Crippen LogP contribution in [0, 0.1) is 13.8 Å². The zero-order valence-electron chi connectivity index (χ0n) is 17.9. The van der Waals surface area contributed by atoms with Gasteiger partial charge in [0.1, 0.15) is 11.9 Å². The summed E-state index contributed by atoms with van der Waals surface area (Å²) >= 11 is 0. The van der Waals surface area contributed by atoms with E-state index in [2.05, 4.69) is 0 Å². The molecule has 0 spiro atoms. The van der Waals surface area contributed by atoms with E-state index >= 15 is 0 Å². The largest absolute Gasteiger partial charge is 0.478 e. The molecule has 6 nitrogen and oxygen atoms in total. The summed E-state index contributed by atoms with van der Waals surface area (Å²) < 4.78 is 0. The summed E-state index contributed by atoms with van der Waals surface area (Å²) in [6, 6.07) is 24.8. The fourth-order valence-electron chi connectivity index (χ4n) is 4.04. The minimum Gasteiger partial charge on any atom is -0.478 e. The van der Waals surface area contributed by atoms with Crippen LogP contribution in [0.25, 0.3) is 0 Å². The molecule has 3 aromatic carbocycles. The molecule has 32 heavy (non-hydrogen) atoms. The molecule has 0 saturated carbocycles. The summed E-state index contributed by atoms with van der Waals surface area (Å²) in [4.78, 5) is 28.2. The highest BCUT2D eigenvalue weighted by Gasteiger charge is 2.41. The fraction of sp³-hybridized carbons (Fsp3) is 0.154. The molecule has 1 heterocycles. The number of rotatable bonds is 5. The van der Waals surface area contributed by atoms with Gasteiger partial charge in [0.2, 0.25) is 0 Å². The summed E-state index contributed by atoms with van der Waals surface area (Å²) in [7, 11) is 0. The molecule has 0 saturated heterocycles. The number of anilines is 2. The van der Waals surface area contributed by atoms with Gasteiger partial charge in [0.15, 0.2) is 0 Å². The van der Waals surface area contributed by atoms with Crippen LogP contribution in [0.2, 0.25) is 0 Å². The minimum atomic E-state index is -1.27. The van der Waals surface area contributed by atoms with E-state index in [1.54, 1.807) is 4.90 Å². The first-order chi connectivity index (χ1) is 15.4. The van der Waals surface area contributed by atoms with Gasteiger partial charge in [-0.1, -0.05) is 65.7 Å². The summed E-state index contributed by atoms with van der Waals surface area (Å²) in [6.45, 7) is 3.89. The number of aryl methyl sites for hydroxylation is 2. The third-order valence-corrected chi connectivity index (χ3v) is 5.63. The lowest BCUT2D eigenvalue weighted by Gasteiger charge is -2.46. The van der Waals surface area contributed by atoms with Crippen LogP contribution >= 0.6 is 0 Å². The van der Waals surface area contributed by atoms with Gasteiger partial charge in [-0.05, 0) is 43.7 Å². The Balaban J connectivity index is 2.01. The average Bonchev–Trinajstić information content (AvgIpc) is 2.79. The standard InChI is InChI=1S/C26H24N2O4/c1-17-8-12-20(13-9-17)27-16-22(25(29)30)23(26(31)32)28(21-14-10-18(2)11-15-21)24(27)19-6-4-3-5-7-19/h3-15,24H,16H2,1-2H3,(H,29,30)(H,31,32). The Hall–Kier alpha value is -4.06. The molecule has 3 aromatic rings. The highest BCUT2D eigenvalue weighted by Crippen LogP contribution is 2.41. The number of carbonyl (C=O) groups is 2. The monoisotopic (exact) mass is 428 g/mol. The van der Waals surface area contributed by atoms with Crippen LogP contribution in [0.4, 0.5) is 11.4 Å². The van der Waals surface area contributed by atoms with Crippen molar-refractivity contribution in [2.45, 2.75) is 20.0 Å². The Labute approximate surface area is 186 Å². The van der Waals surface area contributed by atoms with Crippen molar-refractivity contribution < 1.29 is 19.8 Å². The van der Waals surface area contributed by atoms with Crippen molar-refractivity contribution in [1.82, 2.24) is 0 Å². The molecule has 4 rings (SSSR count). The molecule has 0 aromatic heterocycles. The quantitative estimate of drug-likeness (QED) is 0.610. The van der Waals surface area contributed by atoms with Gasteiger partial charge in [-0.15, -0.1) is 0 Å². The number of nitrogens with zero attached hydrogens (tertiary/aromatic N) is 2. The van der Waals surface area contributed by atoms with Crippen molar-refractivity contribution in [3.63, 3.8) is 0 Å². The Morgan fingerprint density at radius 1 is 0.750 bits per heavy atom. The number of benzene rings is 3. The van der Waals surface area contributed by atoms with Gasteiger partial charge in [0.25, 0.3) is 0 Å². The maximum absolute atomic E-state index is 12.4. The van der Waals surface area contributed by atoms with E-state index in [4.69, 9.17) is 0 Å². The van der Waals surface area contributed by atoms with Gasteiger partial charge in [-0.25, -0.2) is 9.59 Å². The lowest BCUT2D eigenvalue weighted by molar-refractivity contribution is -0.136. The maximum atomic E-state index is 12.4. The third kappa shape index (κ3) is 3.95. The van der Waals surface area contributed by atoms with Gasteiger partial charge in [0.05, 0.1) is 12.1 Å². The predicted octanol–water partition coefficient (Wildman–Crippen LogP) is 4.75. The van der Waals surface area contributed by atoms with Gasteiger partial charge in [-0.3, -0.25) is 0 Å². The fourth-order valence-corrected chi connectivity index (χ4v) is 4.04. The average molecular weight is 428 g/mol. The van der Waals surface area contributed by atoms with E-state index in [1.807, 2.05) is 97.6 Å². The number of hydrogen-bond donors (Lipinski definition) is 2. The molecule has 0 amide bonds. The molecule has 2 N–H and O–H groups in total. The first-order valence-corrected chi connectivity index (χ1v) is 10.3. The van der Waals surface area contributed by atoms with Crippen LogP contribution in [-0.2, 0) is 9.59 Å². The topological polar surface area (TPSA) is 81.1 Å². The smallest absolute Gasteiger partial charge is 0.353 e. The lowest BCUT2D eigenvalue weighted by Crippen LogP contribution is -2.50. The molecule has 0 aliphatic carbocycles. The van der Waals surface area contributed by atoms with Crippen molar-refractivity contribution in [2.24, 2.45) is 0 Å². The first-order valence-electron chi connectivity index (χ1n) is 10.3. The van der Waals surface area contributed by atoms with E-state index in [9.17, 15) is 19.8 Å².